The monoisotopic (exact) mass is 297 g/mol. The Kier molecular flexibility index (Phi) is 4.70. The van der Waals surface area contributed by atoms with Crippen molar-refractivity contribution in [2.24, 2.45) is 0 Å². The molecule has 1 atom stereocenters. The Hall–Kier alpha value is -2.21. The van der Waals surface area contributed by atoms with Crippen LogP contribution in [0.25, 0.3) is 0 Å². The summed E-state index contributed by atoms with van der Waals surface area (Å²) >= 11 is 0. The van der Waals surface area contributed by atoms with Gasteiger partial charge >= 0.3 is 0 Å². The molecule has 2 N–H and O–H groups in total. The first kappa shape index (κ1) is 15.2. The van der Waals surface area contributed by atoms with Crippen LogP contribution in [0.4, 0.5) is 18.9 Å². The molecule has 2 rings (SSSR count). The topological polar surface area (TPSA) is 41.5 Å². The minimum absolute atomic E-state index is 0.0628. The summed E-state index contributed by atoms with van der Waals surface area (Å²) in [5.41, 5.74) is 0.0584. The first-order chi connectivity index (χ1) is 10.0. The number of rotatable bonds is 5. The lowest BCUT2D eigenvalue weighted by Crippen LogP contribution is -2.14. The first-order valence-corrected chi connectivity index (χ1v) is 6.21. The molecule has 1 unspecified atom stereocenters. The highest BCUT2D eigenvalue weighted by Gasteiger charge is 2.14. The van der Waals surface area contributed by atoms with Gasteiger partial charge in [-0.1, -0.05) is 6.07 Å². The largest absolute Gasteiger partial charge is 0.497 e. The summed E-state index contributed by atoms with van der Waals surface area (Å²) in [6, 6.07) is 6.98. The van der Waals surface area contributed by atoms with Crippen molar-refractivity contribution < 1.29 is 23.0 Å². The van der Waals surface area contributed by atoms with Gasteiger partial charge in [-0.3, -0.25) is 0 Å². The van der Waals surface area contributed by atoms with Crippen molar-refractivity contribution >= 4 is 5.69 Å². The number of nitrogens with one attached hydrogen (secondary N) is 1. The molecule has 0 saturated heterocycles. The number of halogens is 3. The van der Waals surface area contributed by atoms with Crippen LogP contribution in [0.15, 0.2) is 36.4 Å². The second-order valence-electron chi connectivity index (χ2n) is 4.41. The Labute approximate surface area is 120 Å². The number of ether oxygens (including phenoxy) is 1. The Morgan fingerprint density at radius 1 is 1.10 bits per heavy atom. The van der Waals surface area contributed by atoms with E-state index in [0.717, 1.165) is 12.1 Å². The Morgan fingerprint density at radius 3 is 2.52 bits per heavy atom. The fourth-order valence-corrected chi connectivity index (χ4v) is 1.86. The third-order valence-corrected chi connectivity index (χ3v) is 2.98. The van der Waals surface area contributed by atoms with Crippen molar-refractivity contribution in [3.05, 3.63) is 59.4 Å². The van der Waals surface area contributed by atoms with Gasteiger partial charge in [0, 0.05) is 24.2 Å². The molecule has 0 aliphatic heterocycles. The average molecular weight is 297 g/mol. The van der Waals surface area contributed by atoms with Crippen LogP contribution in [0.1, 0.15) is 11.7 Å². The highest BCUT2D eigenvalue weighted by atomic mass is 19.1. The number of methoxy groups -OCH3 is 1. The van der Waals surface area contributed by atoms with Crippen LogP contribution in [0.2, 0.25) is 0 Å². The zero-order chi connectivity index (χ0) is 15.4. The molecular weight excluding hydrogens is 283 g/mol. The van der Waals surface area contributed by atoms with Crippen molar-refractivity contribution in [3.8, 4) is 5.75 Å². The zero-order valence-electron chi connectivity index (χ0n) is 11.2. The second kappa shape index (κ2) is 6.49. The summed E-state index contributed by atoms with van der Waals surface area (Å²) in [7, 11) is 1.44. The molecule has 3 nitrogen and oxygen atoms in total. The van der Waals surface area contributed by atoms with E-state index >= 15 is 0 Å². The molecule has 2 aromatic carbocycles. The number of benzene rings is 2. The second-order valence-corrected chi connectivity index (χ2v) is 4.41. The lowest BCUT2D eigenvalue weighted by atomic mass is 10.1. The lowest BCUT2D eigenvalue weighted by Gasteiger charge is -2.15. The highest BCUT2D eigenvalue weighted by Crippen LogP contribution is 2.23. The van der Waals surface area contributed by atoms with E-state index in [1.165, 1.54) is 25.3 Å². The van der Waals surface area contributed by atoms with E-state index < -0.39 is 23.6 Å². The zero-order valence-corrected chi connectivity index (χ0v) is 11.2. The van der Waals surface area contributed by atoms with E-state index in [0.29, 0.717) is 11.8 Å². The molecule has 112 valence electrons. The Morgan fingerprint density at radius 2 is 1.86 bits per heavy atom. The third-order valence-electron chi connectivity index (χ3n) is 2.98. The molecule has 21 heavy (non-hydrogen) atoms. The van der Waals surface area contributed by atoms with Crippen molar-refractivity contribution in [1.29, 1.82) is 0 Å². The molecule has 0 heterocycles. The SMILES string of the molecule is COc1ccc(F)c(NCC(O)c2ccc(F)cc2F)c1. The molecule has 0 aromatic heterocycles. The first-order valence-electron chi connectivity index (χ1n) is 6.21. The van der Waals surface area contributed by atoms with Gasteiger partial charge in [0.25, 0.3) is 0 Å². The van der Waals surface area contributed by atoms with Gasteiger partial charge in [-0.2, -0.15) is 0 Å². The van der Waals surface area contributed by atoms with Gasteiger partial charge in [-0.25, -0.2) is 13.2 Å². The molecule has 0 fully saturated rings. The summed E-state index contributed by atoms with van der Waals surface area (Å²) in [6.45, 7) is -0.132. The predicted octanol–water partition coefficient (Wildman–Crippen LogP) is 3.26. The summed E-state index contributed by atoms with van der Waals surface area (Å²) < 4.78 is 44.8. The molecule has 0 saturated carbocycles. The molecule has 2 aromatic rings. The molecule has 0 aliphatic carbocycles. The van der Waals surface area contributed by atoms with Gasteiger partial charge in [-0.15, -0.1) is 0 Å². The van der Waals surface area contributed by atoms with Crippen LogP contribution < -0.4 is 10.1 Å². The van der Waals surface area contributed by atoms with E-state index in [2.05, 4.69) is 5.32 Å². The normalized spacial score (nSPS) is 12.0. The minimum atomic E-state index is -1.24. The molecule has 0 spiro atoms. The average Bonchev–Trinajstić information content (AvgIpc) is 2.46. The van der Waals surface area contributed by atoms with Crippen LogP contribution >= 0.6 is 0 Å². The molecule has 0 amide bonds. The van der Waals surface area contributed by atoms with Crippen molar-refractivity contribution in [3.63, 3.8) is 0 Å². The van der Waals surface area contributed by atoms with E-state index in [1.807, 2.05) is 0 Å². The van der Waals surface area contributed by atoms with Crippen LogP contribution in [0.3, 0.4) is 0 Å². The van der Waals surface area contributed by atoms with E-state index in [4.69, 9.17) is 4.74 Å². The van der Waals surface area contributed by atoms with Crippen LogP contribution in [0, 0.1) is 17.5 Å². The van der Waals surface area contributed by atoms with Gasteiger partial charge < -0.3 is 15.2 Å². The fourth-order valence-electron chi connectivity index (χ4n) is 1.86. The minimum Gasteiger partial charge on any atom is -0.497 e. The van der Waals surface area contributed by atoms with Gasteiger partial charge in [0.1, 0.15) is 23.2 Å². The lowest BCUT2D eigenvalue weighted by molar-refractivity contribution is 0.186. The van der Waals surface area contributed by atoms with Crippen molar-refractivity contribution in [1.82, 2.24) is 0 Å². The smallest absolute Gasteiger partial charge is 0.146 e. The quantitative estimate of drug-likeness (QED) is 0.890. The molecule has 6 heteroatoms. The standard InChI is InChI=1S/C15H14F3NO2/c1-21-10-3-5-12(17)14(7-10)19-8-15(20)11-4-2-9(16)6-13(11)18/h2-7,15,19-20H,8H2,1H3. The summed E-state index contributed by atoms with van der Waals surface area (Å²) in [5, 5.41) is 12.6. The summed E-state index contributed by atoms with van der Waals surface area (Å²) in [6.07, 6.45) is -1.24. The van der Waals surface area contributed by atoms with E-state index in [-0.39, 0.29) is 17.8 Å². The Bertz CT molecular complexity index is 634. The predicted molar refractivity (Wildman–Crippen MR) is 72.8 cm³/mol. The van der Waals surface area contributed by atoms with Gasteiger partial charge in [0.05, 0.1) is 18.9 Å². The van der Waals surface area contributed by atoms with E-state index in [1.54, 1.807) is 0 Å². The molecule has 0 bridgehead atoms. The maximum atomic E-state index is 13.6. The van der Waals surface area contributed by atoms with Crippen LogP contribution in [-0.2, 0) is 0 Å². The number of hydrogen-bond donors (Lipinski definition) is 2. The molecule has 0 radical (unpaired) electrons. The third kappa shape index (κ3) is 3.66. The van der Waals surface area contributed by atoms with Crippen LogP contribution in [-0.4, -0.2) is 18.8 Å². The molecular formula is C15H14F3NO2. The summed E-state index contributed by atoms with van der Waals surface area (Å²) in [5.74, 6) is -1.66. The summed E-state index contributed by atoms with van der Waals surface area (Å²) in [4.78, 5) is 0. The number of aliphatic hydroxyl groups is 1. The number of anilines is 1. The highest BCUT2D eigenvalue weighted by molar-refractivity contribution is 5.49. The Balaban J connectivity index is 2.08. The number of hydrogen-bond acceptors (Lipinski definition) is 3. The van der Waals surface area contributed by atoms with Crippen molar-refractivity contribution in [2.45, 2.75) is 6.10 Å². The van der Waals surface area contributed by atoms with E-state index in [9.17, 15) is 18.3 Å². The van der Waals surface area contributed by atoms with Gasteiger partial charge in [-0.05, 0) is 18.2 Å². The molecule has 0 aliphatic rings. The number of aliphatic hydroxyl groups excluding tert-OH is 1. The van der Waals surface area contributed by atoms with Crippen molar-refractivity contribution in [2.75, 3.05) is 19.0 Å². The van der Waals surface area contributed by atoms with Gasteiger partial charge in [0.2, 0.25) is 0 Å². The fraction of sp³-hybridized carbons (Fsp3) is 0.200. The maximum Gasteiger partial charge on any atom is 0.146 e. The van der Waals surface area contributed by atoms with Crippen LogP contribution in [0.5, 0.6) is 5.75 Å². The maximum absolute atomic E-state index is 13.6. The van der Waals surface area contributed by atoms with Gasteiger partial charge in [0.15, 0.2) is 0 Å².